The summed E-state index contributed by atoms with van der Waals surface area (Å²) in [5, 5.41) is 11.0. The molecular weight excluding hydrogens is 350 g/mol. The number of rotatable bonds is 3. The number of aromatic nitrogens is 1. The Morgan fingerprint density at radius 2 is 2.04 bits per heavy atom. The molecule has 1 spiro atoms. The minimum atomic E-state index is 0.120. The first kappa shape index (κ1) is 18.1. The van der Waals surface area contributed by atoms with Crippen LogP contribution < -0.4 is 0 Å². The predicted molar refractivity (Wildman–Crippen MR) is 109 cm³/mol. The molecule has 3 aliphatic rings. The van der Waals surface area contributed by atoms with Crippen LogP contribution in [0.25, 0.3) is 10.9 Å². The number of nitrogens with zero attached hydrogens (tertiary/aromatic N) is 3. The van der Waals surface area contributed by atoms with Crippen molar-refractivity contribution < 1.29 is 9.90 Å². The van der Waals surface area contributed by atoms with Crippen molar-refractivity contribution in [3.8, 4) is 0 Å². The van der Waals surface area contributed by atoms with Crippen molar-refractivity contribution in [2.45, 2.75) is 38.1 Å². The number of amides is 1. The molecule has 0 bridgehead atoms. The average Bonchev–Trinajstić information content (AvgIpc) is 3.03. The largest absolute Gasteiger partial charge is 0.396 e. The summed E-state index contributed by atoms with van der Waals surface area (Å²) in [6, 6.07) is 10.4. The first-order chi connectivity index (χ1) is 13.7. The van der Waals surface area contributed by atoms with Gasteiger partial charge in [0.05, 0.1) is 5.52 Å². The van der Waals surface area contributed by atoms with Gasteiger partial charge < -0.3 is 10.0 Å². The topological polar surface area (TPSA) is 56.7 Å². The van der Waals surface area contributed by atoms with E-state index in [2.05, 4.69) is 9.88 Å². The van der Waals surface area contributed by atoms with Gasteiger partial charge in [-0.1, -0.05) is 12.5 Å². The van der Waals surface area contributed by atoms with Gasteiger partial charge >= 0.3 is 0 Å². The van der Waals surface area contributed by atoms with E-state index in [4.69, 9.17) is 0 Å². The smallest absolute Gasteiger partial charge is 0.253 e. The predicted octanol–water partition coefficient (Wildman–Crippen LogP) is 2.93. The maximum Gasteiger partial charge on any atom is 0.253 e. The monoisotopic (exact) mass is 379 g/mol. The lowest BCUT2D eigenvalue weighted by Gasteiger charge is -2.43. The number of hydrogen-bond donors (Lipinski definition) is 1. The number of pyridine rings is 1. The lowest BCUT2D eigenvalue weighted by Crippen LogP contribution is -2.47. The highest BCUT2D eigenvalue weighted by Gasteiger charge is 2.49. The molecule has 5 rings (SSSR count). The fraction of sp³-hybridized carbons (Fsp3) is 0.565. The van der Waals surface area contributed by atoms with Gasteiger partial charge in [0.25, 0.3) is 5.91 Å². The fourth-order valence-corrected chi connectivity index (χ4v) is 5.47. The van der Waals surface area contributed by atoms with Gasteiger partial charge in [0.15, 0.2) is 0 Å². The Bertz CT molecular complexity index is 871. The number of piperidine rings is 1. The third kappa shape index (κ3) is 3.01. The van der Waals surface area contributed by atoms with Gasteiger partial charge in [-0.2, -0.15) is 0 Å². The van der Waals surface area contributed by atoms with Crippen LogP contribution in [0.1, 0.15) is 42.5 Å². The lowest BCUT2D eigenvalue weighted by atomic mass is 9.71. The van der Waals surface area contributed by atoms with Crippen molar-refractivity contribution in [2.24, 2.45) is 11.3 Å². The maximum atomic E-state index is 13.1. The Kier molecular flexibility index (Phi) is 4.60. The molecule has 2 aliphatic heterocycles. The van der Waals surface area contributed by atoms with Crippen LogP contribution in [0.5, 0.6) is 0 Å². The molecule has 0 radical (unpaired) electrons. The Labute approximate surface area is 166 Å². The van der Waals surface area contributed by atoms with Crippen LogP contribution in [0.3, 0.4) is 0 Å². The summed E-state index contributed by atoms with van der Waals surface area (Å²) in [5.41, 5.74) is 1.86. The minimum Gasteiger partial charge on any atom is -0.396 e. The summed E-state index contributed by atoms with van der Waals surface area (Å²) in [6.07, 6.45) is 7.76. The number of benzene rings is 1. The fourth-order valence-electron chi connectivity index (χ4n) is 5.47. The summed E-state index contributed by atoms with van der Waals surface area (Å²) < 4.78 is 0. The van der Waals surface area contributed by atoms with Gasteiger partial charge in [-0.15, -0.1) is 0 Å². The van der Waals surface area contributed by atoms with Crippen molar-refractivity contribution in [1.82, 2.24) is 14.8 Å². The molecule has 1 atom stereocenters. The van der Waals surface area contributed by atoms with Crippen molar-refractivity contribution in [2.75, 3.05) is 32.8 Å². The zero-order valence-corrected chi connectivity index (χ0v) is 16.4. The standard InChI is InChI=1S/C23H29N3O2/c27-15-19-14-26(20-4-1-5-20)16-23(19)8-11-25(12-9-23)22(28)18-6-7-21-17(13-18)3-2-10-24-21/h2-3,6-7,10,13,19-20,27H,1,4-5,8-9,11-12,14-16H2. The minimum absolute atomic E-state index is 0.120. The zero-order valence-electron chi connectivity index (χ0n) is 16.4. The average molecular weight is 380 g/mol. The number of aliphatic hydroxyl groups excluding tert-OH is 1. The van der Waals surface area contributed by atoms with E-state index in [9.17, 15) is 9.90 Å². The summed E-state index contributed by atoms with van der Waals surface area (Å²) in [4.78, 5) is 22.0. The van der Waals surface area contributed by atoms with E-state index >= 15 is 0 Å². The Balaban J connectivity index is 1.28. The highest BCUT2D eigenvalue weighted by Crippen LogP contribution is 2.47. The first-order valence-corrected chi connectivity index (χ1v) is 10.7. The lowest BCUT2D eigenvalue weighted by molar-refractivity contribution is 0.0385. The van der Waals surface area contributed by atoms with Crippen LogP contribution in [-0.4, -0.2) is 64.6 Å². The molecule has 2 saturated heterocycles. The van der Waals surface area contributed by atoms with Crippen molar-refractivity contribution >= 4 is 16.8 Å². The molecule has 1 aromatic heterocycles. The number of carbonyl (C=O) groups is 1. The van der Waals surface area contributed by atoms with Crippen LogP contribution in [-0.2, 0) is 0 Å². The Morgan fingerprint density at radius 3 is 2.75 bits per heavy atom. The van der Waals surface area contributed by atoms with E-state index in [0.29, 0.717) is 5.92 Å². The molecule has 3 heterocycles. The molecule has 1 aromatic carbocycles. The molecule has 3 fully saturated rings. The van der Waals surface area contributed by atoms with Crippen molar-refractivity contribution in [3.05, 3.63) is 42.1 Å². The van der Waals surface area contributed by atoms with Crippen LogP contribution in [0.15, 0.2) is 36.5 Å². The maximum absolute atomic E-state index is 13.1. The van der Waals surface area contributed by atoms with Crippen LogP contribution in [0, 0.1) is 11.3 Å². The summed E-state index contributed by atoms with van der Waals surface area (Å²) >= 11 is 0. The van der Waals surface area contributed by atoms with E-state index in [0.717, 1.165) is 61.5 Å². The van der Waals surface area contributed by atoms with Gasteiger partial charge in [0, 0.05) is 61.9 Å². The van der Waals surface area contributed by atoms with E-state index in [1.165, 1.54) is 19.3 Å². The second-order valence-corrected chi connectivity index (χ2v) is 8.96. The van der Waals surface area contributed by atoms with E-state index in [1.807, 2.05) is 35.2 Å². The number of carbonyl (C=O) groups excluding carboxylic acids is 1. The summed E-state index contributed by atoms with van der Waals surface area (Å²) in [5.74, 6) is 0.479. The third-order valence-corrected chi connectivity index (χ3v) is 7.55. The van der Waals surface area contributed by atoms with E-state index < -0.39 is 0 Å². The first-order valence-electron chi connectivity index (χ1n) is 10.7. The molecule has 28 heavy (non-hydrogen) atoms. The molecule has 1 saturated carbocycles. The SMILES string of the molecule is O=C(c1ccc2ncccc2c1)N1CCC2(CC1)CN(C1CCC1)CC2CO. The highest BCUT2D eigenvalue weighted by molar-refractivity contribution is 5.98. The molecule has 1 N–H and O–H groups in total. The third-order valence-electron chi connectivity index (χ3n) is 7.55. The van der Waals surface area contributed by atoms with Gasteiger partial charge in [-0.3, -0.25) is 14.7 Å². The second kappa shape index (κ2) is 7.12. The number of hydrogen-bond acceptors (Lipinski definition) is 4. The highest BCUT2D eigenvalue weighted by atomic mass is 16.3. The molecule has 5 nitrogen and oxygen atoms in total. The number of aliphatic hydroxyl groups is 1. The van der Waals surface area contributed by atoms with E-state index in [-0.39, 0.29) is 17.9 Å². The van der Waals surface area contributed by atoms with Gasteiger partial charge in [-0.25, -0.2) is 0 Å². The number of fused-ring (bicyclic) bond motifs is 1. The molecule has 148 valence electrons. The Morgan fingerprint density at radius 1 is 1.21 bits per heavy atom. The van der Waals surface area contributed by atoms with Gasteiger partial charge in [0.2, 0.25) is 0 Å². The van der Waals surface area contributed by atoms with E-state index in [1.54, 1.807) is 6.20 Å². The van der Waals surface area contributed by atoms with Crippen LogP contribution in [0.2, 0.25) is 0 Å². The Hall–Kier alpha value is -1.98. The quantitative estimate of drug-likeness (QED) is 0.891. The number of likely N-dealkylation sites (tertiary alicyclic amines) is 2. The van der Waals surface area contributed by atoms with Crippen molar-refractivity contribution in [1.29, 1.82) is 0 Å². The molecular formula is C23H29N3O2. The molecule has 2 aromatic rings. The summed E-state index contributed by atoms with van der Waals surface area (Å²) in [6.45, 7) is 3.99. The zero-order chi connectivity index (χ0) is 19.1. The molecule has 5 heteroatoms. The van der Waals surface area contributed by atoms with Crippen LogP contribution in [0.4, 0.5) is 0 Å². The van der Waals surface area contributed by atoms with Gasteiger partial charge in [-0.05, 0) is 55.4 Å². The molecule has 1 unspecified atom stereocenters. The van der Waals surface area contributed by atoms with Gasteiger partial charge in [0.1, 0.15) is 0 Å². The molecule has 1 aliphatic carbocycles. The normalized spacial score (nSPS) is 25.3. The van der Waals surface area contributed by atoms with Crippen LogP contribution >= 0.6 is 0 Å². The molecule has 1 amide bonds. The second-order valence-electron chi connectivity index (χ2n) is 8.96. The summed E-state index contributed by atoms with van der Waals surface area (Å²) in [7, 11) is 0. The van der Waals surface area contributed by atoms with Crippen molar-refractivity contribution in [3.63, 3.8) is 0 Å².